The average Bonchev–Trinajstić information content (AvgIpc) is 3.24. The largest absolute Gasteiger partial charge is 0.463 e. The van der Waals surface area contributed by atoms with E-state index < -0.39 is 23.6 Å². The zero-order valence-corrected chi connectivity index (χ0v) is 13.1. The fourth-order valence-corrected chi connectivity index (χ4v) is 2.62. The summed E-state index contributed by atoms with van der Waals surface area (Å²) in [5.41, 5.74) is 0.623. The van der Waals surface area contributed by atoms with E-state index in [2.05, 4.69) is 20.6 Å². The molecule has 0 saturated heterocycles. The van der Waals surface area contributed by atoms with E-state index >= 15 is 0 Å². The van der Waals surface area contributed by atoms with Crippen LogP contribution in [0, 0.1) is 5.92 Å². The third kappa shape index (κ3) is 3.82. The minimum atomic E-state index is -0.652. The number of furan rings is 1. The molecule has 2 N–H and O–H groups in total. The Kier molecular flexibility index (Phi) is 4.62. The first kappa shape index (κ1) is 15.8. The van der Waals surface area contributed by atoms with Gasteiger partial charge in [-0.3, -0.25) is 14.4 Å². The summed E-state index contributed by atoms with van der Waals surface area (Å²) in [5, 5.41) is 7.24. The average molecular weight is 344 g/mol. The Bertz CT molecular complexity index is 806. The molecule has 24 heavy (non-hydrogen) atoms. The third-order valence-corrected chi connectivity index (χ3v) is 3.82. The van der Waals surface area contributed by atoms with E-state index in [1.54, 1.807) is 23.8 Å². The van der Waals surface area contributed by atoms with E-state index in [0.29, 0.717) is 16.6 Å². The molecule has 0 spiro atoms. The topological polar surface area (TPSA) is 114 Å². The number of thiazole rings is 1. The van der Waals surface area contributed by atoms with Crippen LogP contribution in [0.5, 0.6) is 0 Å². The number of hydrogen-bond donors (Lipinski definition) is 2. The third-order valence-electron chi connectivity index (χ3n) is 3.06. The predicted octanol–water partition coefficient (Wildman–Crippen LogP) is 1.24. The van der Waals surface area contributed by atoms with Gasteiger partial charge in [0.2, 0.25) is 11.8 Å². The van der Waals surface area contributed by atoms with Crippen molar-refractivity contribution in [2.24, 2.45) is 10.9 Å². The standard InChI is InChI=1S/C15H12N4O4S/c20-12-4-3-9(6-16-12)14(22)17-7-13(21)19-15-18-10(8-24-15)11-2-1-5-23-11/h1-6,8-9H,7H2,(H,17,22)(H,18,19,21). The highest BCUT2D eigenvalue weighted by molar-refractivity contribution is 7.14. The Morgan fingerprint density at radius 1 is 1.38 bits per heavy atom. The molecule has 3 rings (SSSR count). The van der Waals surface area contributed by atoms with Gasteiger partial charge < -0.3 is 15.1 Å². The number of amides is 3. The SMILES string of the molecule is O=C1C=CC(C(=O)NCC(=O)Nc2nc(-c3ccco3)cs2)C=N1. The van der Waals surface area contributed by atoms with Gasteiger partial charge in [-0.05, 0) is 12.1 Å². The first-order valence-electron chi connectivity index (χ1n) is 6.95. The highest BCUT2D eigenvalue weighted by Gasteiger charge is 2.17. The molecule has 3 heterocycles. The van der Waals surface area contributed by atoms with Crippen molar-refractivity contribution in [1.29, 1.82) is 0 Å². The van der Waals surface area contributed by atoms with Gasteiger partial charge in [0, 0.05) is 17.7 Å². The lowest BCUT2D eigenvalue weighted by atomic mass is 10.1. The van der Waals surface area contributed by atoms with E-state index in [-0.39, 0.29) is 6.54 Å². The Hall–Kier alpha value is -3.07. The molecule has 1 unspecified atom stereocenters. The summed E-state index contributed by atoms with van der Waals surface area (Å²) in [6, 6.07) is 3.52. The quantitative estimate of drug-likeness (QED) is 0.847. The van der Waals surface area contributed by atoms with Crippen LogP contribution in [-0.4, -0.2) is 35.5 Å². The molecule has 0 aliphatic carbocycles. The number of hydrogen-bond acceptors (Lipinski definition) is 6. The van der Waals surface area contributed by atoms with Crippen LogP contribution >= 0.6 is 11.3 Å². The molecule has 1 aliphatic heterocycles. The minimum absolute atomic E-state index is 0.208. The highest BCUT2D eigenvalue weighted by atomic mass is 32.1. The van der Waals surface area contributed by atoms with E-state index in [9.17, 15) is 14.4 Å². The molecule has 8 nitrogen and oxygen atoms in total. The maximum absolute atomic E-state index is 11.9. The normalized spacial score (nSPS) is 16.2. The summed E-state index contributed by atoms with van der Waals surface area (Å²) in [4.78, 5) is 42.4. The lowest BCUT2D eigenvalue weighted by molar-refractivity contribution is -0.124. The van der Waals surface area contributed by atoms with Crippen LogP contribution < -0.4 is 10.6 Å². The van der Waals surface area contributed by atoms with E-state index in [1.807, 2.05) is 0 Å². The molecule has 0 aromatic carbocycles. The van der Waals surface area contributed by atoms with Crippen LogP contribution in [0.2, 0.25) is 0 Å². The van der Waals surface area contributed by atoms with Gasteiger partial charge >= 0.3 is 0 Å². The number of aliphatic imine (C=N–C) groups is 1. The summed E-state index contributed by atoms with van der Waals surface area (Å²) >= 11 is 1.25. The van der Waals surface area contributed by atoms with Gasteiger partial charge in [-0.2, -0.15) is 0 Å². The zero-order chi connectivity index (χ0) is 16.9. The van der Waals surface area contributed by atoms with Crippen molar-refractivity contribution in [3.8, 4) is 11.5 Å². The fraction of sp³-hybridized carbons (Fsp3) is 0.133. The number of nitrogens with one attached hydrogen (secondary N) is 2. The molecule has 2 aromatic rings. The van der Waals surface area contributed by atoms with Gasteiger partial charge in [0.05, 0.1) is 18.7 Å². The summed E-state index contributed by atoms with van der Waals surface area (Å²) in [5.74, 6) is -1.27. The molecular formula is C15H12N4O4S. The van der Waals surface area contributed by atoms with Crippen LogP contribution in [0.3, 0.4) is 0 Å². The molecular weight excluding hydrogens is 332 g/mol. The van der Waals surface area contributed by atoms with Crippen molar-refractivity contribution in [3.63, 3.8) is 0 Å². The van der Waals surface area contributed by atoms with Gasteiger partial charge in [-0.15, -0.1) is 11.3 Å². The van der Waals surface area contributed by atoms with Crippen molar-refractivity contribution >= 4 is 40.4 Å². The Morgan fingerprint density at radius 3 is 2.96 bits per heavy atom. The molecule has 0 saturated carbocycles. The monoisotopic (exact) mass is 344 g/mol. The van der Waals surface area contributed by atoms with Gasteiger partial charge in [0.1, 0.15) is 5.69 Å². The summed E-state index contributed by atoms with van der Waals surface area (Å²) in [7, 11) is 0. The van der Waals surface area contributed by atoms with E-state index in [0.717, 1.165) is 0 Å². The minimum Gasteiger partial charge on any atom is -0.463 e. The number of aromatic nitrogens is 1. The van der Waals surface area contributed by atoms with Gasteiger partial charge in [0.15, 0.2) is 10.9 Å². The van der Waals surface area contributed by atoms with Crippen molar-refractivity contribution in [2.45, 2.75) is 0 Å². The summed E-state index contributed by atoms with van der Waals surface area (Å²) in [6.07, 6.45) is 5.43. The van der Waals surface area contributed by atoms with Crippen LogP contribution in [0.15, 0.2) is 45.3 Å². The molecule has 122 valence electrons. The van der Waals surface area contributed by atoms with Crippen LogP contribution in [-0.2, 0) is 14.4 Å². The summed E-state index contributed by atoms with van der Waals surface area (Å²) in [6.45, 7) is -0.208. The van der Waals surface area contributed by atoms with Gasteiger partial charge in [0.25, 0.3) is 5.91 Å². The molecule has 0 radical (unpaired) electrons. The molecule has 9 heteroatoms. The van der Waals surface area contributed by atoms with E-state index in [4.69, 9.17) is 4.42 Å². The number of dihydropyridines is 1. The highest BCUT2D eigenvalue weighted by Crippen LogP contribution is 2.24. The fourth-order valence-electron chi connectivity index (χ4n) is 1.90. The van der Waals surface area contributed by atoms with Gasteiger partial charge in [-0.25, -0.2) is 9.98 Å². The molecule has 0 bridgehead atoms. The lowest BCUT2D eigenvalue weighted by Crippen LogP contribution is -2.37. The van der Waals surface area contributed by atoms with Gasteiger partial charge in [-0.1, -0.05) is 6.08 Å². The van der Waals surface area contributed by atoms with Crippen molar-refractivity contribution < 1.29 is 18.8 Å². The Morgan fingerprint density at radius 2 is 2.25 bits per heavy atom. The number of carbonyl (C=O) groups excluding carboxylic acids is 3. The second-order valence-electron chi connectivity index (χ2n) is 4.78. The van der Waals surface area contributed by atoms with Crippen LogP contribution in [0.25, 0.3) is 11.5 Å². The molecule has 1 atom stereocenters. The predicted molar refractivity (Wildman–Crippen MR) is 87.6 cm³/mol. The first-order chi connectivity index (χ1) is 11.6. The second-order valence-corrected chi connectivity index (χ2v) is 5.64. The van der Waals surface area contributed by atoms with Crippen LogP contribution in [0.1, 0.15) is 0 Å². The second kappa shape index (κ2) is 7.01. The maximum atomic E-state index is 11.9. The molecule has 3 amide bonds. The maximum Gasteiger partial charge on any atom is 0.269 e. The number of nitrogens with zero attached hydrogens (tertiary/aromatic N) is 2. The smallest absolute Gasteiger partial charge is 0.269 e. The lowest BCUT2D eigenvalue weighted by Gasteiger charge is -2.10. The van der Waals surface area contributed by atoms with Crippen molar-refractivity contribution in [3.05, 3.63) is 35.9 Å². The zero-order valence-electron chi connectivity index (χ0n) is 12.3. The number of anilines is 1. The van der Waals surface area contributed by atoms with Crippen molar-refractivity contribution in [2.75, 3.05) is 11.9 Å². The Balaban J connectivity index is 1.49. The van der Waals surface area contributed by atoms with Crippen molar-refractivity contribution in [1.82, 2.24) is 10.3 Å². The van der Waals surface area contributed by atoms with E-state index in [1.165, 1.54) is 29.7 Å². The Labute approximate surface area is 140 Å². The molecule has 1 aliphatic rings. The molecule has 2 aromatic heterocycles. The molecule has 0 fully saturated rings. The van der Waals surface area contributed by atoms with Crippen LogP contribution in [0.4, 0.5) is 5.13 Å². The summed E-state index contributed by atoms with van der Waals surface area (Å²) < 4.78 is 5.22. The number of carbonyl (C=O) groups is 3. The first-order valence-corrected chi connectivity index (χ1v) is 7.83. The number of rotatable bonds is 5.